The molecular weight excluding hydrogens is 635 g/mol. The molecule has 0 fully saturated rings. The van der Waals surface area contributed by atoms with Crippen molar-refractivity contribution in [3.8, 4) is 22.1 Å². The first-order chi connectivity index (χ1) is 22.3. The number of ether oxygens (including phenoxy) is 2. The number of hydrogen-bond donors (Lipinski definition) is 3. The quantitative estimate of drug-likeness (QED) is 0.153. The van der Waals surface area contributed by atoms with E-state index < -0.39 is 24.2 Å². The molecule has 2 amide bonds. The Labute approximate surface area is 270 Å². The van der Waals surface area contributed by atoms with E-state index in [-0.39, 0.29) is 23.8 Å². The third-order valence-electron chi connectivity index (χ3n) is 6.95. The zero-order valence-electron chi connectivity index (χ0n) is 24.3. The Kier molecular flexibility index (Phi) is 9.17. The monoisotopic (exact) mass is 660 g/mol. The number of anilines is 1. The van der Waals surface area contributed by atoms with Crippen molar-refractivity contribution in [1.29, 1.82) is 0 Å². The molecule has 4 heterocycles. The van der Waals surface area contributed by atoms with E-state index in [9.17, 15) is 14.7 Å². The summed E-state index contributed by atoms with van der Waals surface area (Å²) in [5.74, 6) is -1.16. The van der Waals surface area contributed by atoms with Gasteiger partial charge in [0.2, 0.25) is 5.91 Å². The number of nitrogens with one attached hydrogen (secondary N) is 2. The Morgan fingerprint density at radius 2 is 1.93 bits per heavy atom. The lowest BCUT2D eigenvalue weighted by atomic mass is 10.2. The number of carbonyl (C=O) groups excluding carboxylic acids is 2. The van der Waals surface area contributed by atoms with Gasteiger partial charge in [-0.2, -0.15) is 0 Å². The van der Waals surface area contributed by atoms with E-state index in [1.165, 1.54) is 34.4 Å². The van der Waals surface area contributed by atoms with Crippen LogP contribution in [0.1, 0.15) is 16.2 Å². The van der Waals surface area contributed by atoms with Crippen LogP contribution in [-0.2, 0) is 16.1 Å². The van der Waals surface area contributed by atoms with Crippen LogP contribution in [0.25, 0.3) is 31.8 Å². The maximum Gasteiger partial charge on any atom is 0.291 e. The van der Waals surface area contributed by atoms with Gasteiger partial charge < -0.3 is 29.8 Å². The fourth-order valence-corrected chi connectivity index (χ4v) is 5.87. The van der Waals surface area contributed by atoms with Crippen molar-refractivity contribution < 1.29 is 28.6 Å². The van der Waals surface area contributed by atoms with Crippen molar-refractivity contribution in [2.24, 2.45) is 0 Å². The van der Waals surface area contributed by atoms with Gasteiger partial charge in [-0.15, -0.1) is 11.3 Å². The third kappa shape index (κ3) is 6.82. The highest BCUT2D eigenvalue weighted by Crippen LogP contribution is 2.39. The number of hydrogen-bond acceptors (Lipinski definition) is 9. The molecule has 0 radical (unpaired) electrons. The number of nitrogens with zero attached hydrogens (tertiary/aromatic N) is 4. The summed E-state index contributed by atoms with van der Waals surface area (Å²) < 4.78 is 26.9. The molecule has 0 aliphatic heterocycles. The van der Waals surface area contributed by atoms with Crippen LogP contribution in [0.2, 0.25) is 5.02 Å². The van der Waals surface area contributed by atoms with Crippen LogP contribution >= 0.6 is 22.9 Å². The van der Waals surface area contributed by atoms with E-state index in [0.717, 1.165) is 10.4 Å². The van der Waals surface area contributed by atoms with Gasteiger partial charge in [0.15, 0.2) is 17.4 Å². The maximum absolute atomic E-state index is 15.2. The van der Waals surface area contributed by atoms with E-state index in [4.69, 9.17) is 21.1 Å². The molecule has 6 rings (SSSR count). The van der Waals surface area contributed by atoms with Crippen molar-refractivity contribution in [3.05, 3.63) is 95.3 Å². The number of amides is 2. The first-order valence-electron chi connectivity index (χ1n) is 14.0. The molecule has 0 saturated heterocycles. The van der Waals surface area contributed by atoms with Crippen LogP contribution in [0.4, 0.5) is 10.1 Å². The number of fused-ring (bicyclic) bond motifs is 2. The van der Waals surface area contributed by atoms with E-state index in [1.807, 2.05) is 18.2 Å². The second kappa shape index (κ2) is 13.6. The van der Waals surface area contributed by atoms with E-state index >= 15 is 4.39 Å². The molecule has 2 aromatic carbocycles. The molecule has 0 aliphatic rings. The maximum atomic E-state index is 15.2. The number of H-pyrrole nitrogens is 1. The average molecular weight is 661 g/mol. The number of methoxy groups -OCH3 is 1. The van der Waals surface area contributed by atoms with E-state index in [0.29, 0.717) is 50.9 Å². The summed E-state index contributed by atoms with van der Waals surface area (Å²) in [5.41, 5.74) is 3.55. The van der Waals surface area contributed by atoms with Crippen molar-refractivity contribution in [1.82, 2.24) is 24.8 Å². The number of rotatable bonds is 11. The minimum absolute atomic E-state index is 0.0308. The van der Waals surface area contributed by atoms with Gasteiger partial charge in [-0.05, 0) is 48.0 Å². The summed E-state index contributed by atoms with van der Waals surface area (Å²) >= 11 is 7.40. The molecule has 0 bridgehead atoms. The average Bonchev–Trinajstić information content (AvgIpc) is 3.69. The first-order valence-corrected chi connectivity index (χ1v) is 15.2. The van der Waals surface area contributed by atoms with Gasteiger partial charge in [-0.1, -0.05) is 17.7 Å². The molecule has 0 aliphatic carbocycles. The largest absolute Gasteiger partial charge is 0.453 e. The topological polar surface area (TPSA) is 143 Å². The molecule has 234 valence electrons. The summed E-state index contributed by atoms with van der Waals surface area (Å²) in [6, 6.07) is 16.4. The number of carbonyl (C=O) groups is 2. The van der Waals surface area contributed by atoms with Gasteiger partial charge in [0.25, 0.3) is 5.91 Å². The van der Waals surface area contributed by atoms with Crippen LogP contribution < -0.4 is 10.1 Å². The predicted molar refractivity (Wildman–Crippen MR) is 173 cm³/mol. The fourth-order valence-electron chi connectivity index (χ4n) is 4.66. The molecule has 4 aromatic heterocycles. The van der Waals surface area contributed by atoms with Gasteiger partial charge in [0.05, 0.1) is 38.4 Å². The normalized spacial score (nSPS) is 11.2. The minimum atomic E-state index is -0.674. The number of thiophene rings is 1. The molecule has 0 unspecified atom stereocenters. The molecule has 0 spiro atoms. The minimum Gasteiger partial charge on any atom is -0.453 e. The van der Waals surface area contributed by atoms with Crippen LogP contribution in [0.5, 0.6) is 11.5 Å². The summed E-state index contributed by atoms with van der Waals surface area (Å²) in [6.07, 6.45) is 3.25. The first kappa shape index (κ1) is 31.0. The number of aromatic nitrogens is 4. The van der Waals surface area contributed by atoms with Gasteiger partial charge in [0.1, 0.15) is 12.4 Å². The Morgan fingerprint density at radius 3 is 2.70 bits per heavy atom. The summed E-state index contributed by atoms with van der Waals surface area (Å²) in [7, 11) is 1.55. The number of imidazole rings is 1. The molecular formula is C32H26ClFN6O5S. The highest BCUT2D eigenvalue weighted by Gasteiger charge is 2.17. The Balaban J connectivity index is 1.16. The van der Waals surface area contributed by atoms with Crippen molar-refractivity contribution in [2.75, 3.05) is 32.2 Å². The molecule has 11 nitrogen and oxygen atoms in total. The summed E-state index contributed by atoms with van der Waals surface area (Å²) in [5, 5.41) is 12.4. The Hall–Kier alpha value is -4.95. The lowest BCUT2D eigenvalue weighted by Gasteiger charge is -2.21. The zero-order valence-corrected chi connectivity index (χ0v) is 25.9. The molecule has 0 atom stereocenters. The van der Waals surface area contributed by atoms with Gasteiger partial charge in [-0.25, -0.2) is 9.37 Å². The second-order valence-electron chi connectivity index (χ2n) is 10.1. The third-order valence-corrected chi connectivity index (χ3v) is 8.34. The Morgan fingerprint density at radius 1 is 1.07 bits per heavy atom. The van der Waals surface area contributed by atoms with Crippen LogP contribution in [0.3, 0.4) is 0 Å². The van der Waals surface area contributed by atoms with Gasteiger partial charge in [0, 0.05) is 55.4 Å². The number of aliphatic hydroxyl groups is 1. The standard InChI is InChI=1S/C32H26ClFN6O5S/c1-44-11-10-40(29(42)17-41)16-18-2-5-23(36-15-18)28-14-25-30(46-28)27(8-9-35-25)45-26-7-4-20(13-21(26)34)37-32(43)31-38-22-6-3-19(33)12-24(22)39-31/h2-9,12-15,41H,10-11,16-17H2,1H3,(H,37,43)(H,38,39). The number of aromatic amines is 1. The second-order valence-corrected chi connectivity index (χ2v) is 11.6. The van der Waals surface area contributed by atoms with E-state index in [1.54, 1.807) is 43.8 Å². The number of pyridine rings is 2. The SMILES string of the molecule is COCCN(Cc1ccc(-c2cc3nccc(Oc4ccc(NC(=O)c5nc6ccc(Cl)cc6[nH]5)cc4F)c3s2)nc1)C(=O)CO. The number of aliphatic hydroxyl groups excluding tert-OH is 1. The highest BCUT2D eigenvalue weighted by molar-refractivity contribution is 7.22. The number of halogens is 2. The highest BCUT2D eigenvalue weighted by atomic mass is 35.5. The van der Waals surface area contributed by atoms with Gasteiger partial charge in [-0.3, -0.25) is 19.6 Å². The van der Waals surface area contributed by atoms with Gasteiger partial charge >= 0.3 is 0 Å². The molecule has 0 saturated carbocycles. The van der Waals surface area contributed by atoms with Crippen molar-refractivity contribution in [3.63, 3.8) is 0 Å². The van der Waals surface area contributed by atoms with Crippen LogP contribution in [-0.4, -0.2) is 68.6 Å². The fraction of sp³-hybridized carbons (Fsp3) is 0.156. The smallest absolute Gasteiger partial charge is 0.291 e. The van der Waals surface area contributed by atoms with Crippen molar-refractivity contribution in [2.45, 2.75) is 6.54 Å². The van der Waals surface area contributed by atoms with E-state index in [2.05, 4.69) is 25.3 Å². The number of benzene rings is 2. The zero-order chi connectivity index (χ0) is 32.2. The summed E-state index contributed by atoms with van der Waals surface area (Å²) in [4.78, 5) is 43.3. The lowest BCUT2D eigenvalue weighted by molar-refractivity contribution is -0.135. The predicted octanol–water partition coefficient (Wildman–Crippen LogP) is 6.04. The summed E-state index contributed by atoms with van der Waals surface area (Å²) in [6.45, 7) is 0.393. The lowest BCUT2D eigenvalue weighted by Crippen LogP contribution is -2.35. The van der Waals surface area contributed by atoms with Crippen molar-refractivity contribution >= 4 is 61.7 Å². The Bertz CT molecular complexity index is 2050. The molecule has 46 heavy (non-hydrogen) atoms. The molecule has 6 aromatic rings. The van der Waals surface area contributed by atoms with Crippen LogP contribution in [0, 0.1) is 5.82 Å². The molecule has 14 heteroatoms. The van der Waals surface area contributed by atoms with Crippen LogP contribution in [0.15, 0.2) is 73.1 Å². The molecule has 3 N–H and O–H groups in total.